The van der Waals surface area contributed by atoms with Crippen molar-refractivity contribution in [3.63, 3.8) is 0 Å². The zero-order valence-electron chi connectivity index (χ0n) is 12.9. The minimum absolute atomic E-state index is 0.220. The summed E-state index contributed by atoms with van der Waals surface area (Å²) in [7, 11) is 0. The molecule has 0 spiro atoms. The van der Waals surface area contributed by atoms with E-state index in [1.807, 2.05) is 20.8 Å². The molecular weight excluding hydrogens is 256 g/mol. The number of carboxylic acids is 1. The predicted octanol–water partition coefficient (Wildman–Crippen LogP) is 2.90. The lowest BCUT2D eigenvalue weighted by Gasteiger charge is -2.34. The smallest absolute Gasteiger partial charge is 0.315 e. The highest BCUT2D eigenvalue weighted by Gasteiger charge is 2.40. The Morgan fingerprint density at radius 1 is 1.15 bits per heavy atom. The molecule has 0 radical (unpaired) electrons. The van der Waals surface area contributed by atoms with Crippen LogP contribution in [-0.4, -0.2) is 29.2 Å². The topological polar surface area (TPSA) is 78.4 Å². The Morgan fingerprint density at radius 2 is 1.70 bits per heavy atom. The number of urea groups is 1. The number of amides is 2. The second kappa shape index (κ2) is 6.95. The fraction of sp³-hybridized carbons (Fsp3) is 0.867. The van der Waals surface area contributed by atoms with Crippen LogP contribution in [0.5, 0.6) is 0 Å². The van der Waals surface area contributed by atoms with Crippen LogP contribution in [0.25, 0.3) is 0 Å². The molecule has 5 heteroatoms. The standard InChI is InChI=1S/C15H28N2O3/c1-4-14(3,5-2)17-13(20)16-11-15(12(18)19)9-7-6-8-10-15/h4-11H2,1-3H3,(H,18,19)(H2,16,17,20). The lowest BCUT2D eigenvalue weighted by molar-refractivity contribution is -0.150. The van der Waals surface area contributed by atoms with Crippen molar-refractivity contribution >= 4 is 12.0 Å². The van der Waals surface area contributed by atoms with Gasteiger partial charge in [0, 0.05) is 12.1 Å². The molecule has 5 nitrogen and oxygen atoms in total. The normalized spacial score (nSPS) is 18.4. The van der Waals surface area contributed by atoms with Crippen molar-refractivity contribution in [2.45, 2.75) is 71.3 Å². The zero-order chi connectivity index (χ0) is 15.2. The molecule has 1 saturated carbocycles. The van der Waals surface area contributed by atoms with Crippen molar-refractivity contribution < 1.29 is 14.7 Å². The maximum atomic E-state index is 12.0. The van der Waals surface area contributed by atoms with Gasteiger partial charge in [0.15, 0.2) is 0 Å². The molecule has 20 heavy (non-hydrogen) atoms. The summed E-state index contributed by atoms with van der Waals surface area (Å²) in [5.41, 5.74) is -1.00. The highest BCUT2D eigenvalue weighted by Crippen LogP contribution is 2.36. The Labute approximate surface area is 121 Å². The molecular formula is C15H28N2O3. The van der Waals surface area contributed by atoms with E-state index in [1.165, 1.54) is 0 Å². The molecule has 1 rings (SSSR count). The molecule has 0 aromatic heterocycles. The molecule has 0 aliphatic heterocycles. The van der Waals surface area contributed by atoms with Gasteiger partial charge in [-0.15, -0.1) is 0 Å². The largest absolute Gasteiger partial charge is 0.481 e. The first-order valence-corrected chi connectivity index (χ1v) is 7.67. The van der Waals surface area contributed by atoms with Gasteiger partial charge in [0.25, 0.3) is 0 Å². The van der Waals surface area contributed by atoms with Gasteiger partial charge in [-0.3, -0.25) is 4.79 Å². The molecule has 3 N–H and O–H groups in total. The van der Waals surface area contributed by atoms with Crippen LogP contribution in [0.2, 0.25) is 0 Å². The number of hydrogen-bond acceptors (Lipinski definition) is 2. The quantitative estimate of drug-likeness (QED) is 0.701. The van der Waals surface area contributed by atoms with Crippen molar-refractivity contribution in [1.82, 2.24) is 10.6 Å². The summed E-state index contributed by atoms with van der Waals surface area (Å²) in [5.74, 6) is -0.786. The molecule has 0 saturated heterocycles. The number of hydrogen-bond donors (Lipinski definition) is 3. The highest BCUT2D eigenvalue weighted by atomic mass is 16.4. The maximum Gasteiger partial charge on any atom is 0.315 e. The summed E-state index contributed by atoms with van der Waals surface area (Å²) in [6.07, 6.45) is 5.95. The van der Waals surface area contributed by atoms with Gasteiger partial charge in [-0.2, -0.15) is 0 Å². The van der Waals surface area contributed by atoms with Gasteiger partial charge >= 0.3 is 12.0 Å². The first-order chi connectivity index (χ1) is 9.37. The molecule has 1 aliphatic rings. The summed E-state index contributed by atoms with van der Waals surface area (Å²) in [5, 5.41) is 15.2. The number of rotatable bonds is 6. The monoisotopic (exact) mass is 284 g/mol. The summed E-state index contributed by atoms with van der Waals surface area (Å²) in [6.45, 7) is 6.28. The zero-order valence-corrected chi connectivity index (χ0v) is 12.9. The lowest BCUT2D eigenvalue weighted by atomic mass is 9.74. The Bertz CT molecular complexity index is 345. The van der Waals surface area contributed by atoms with Crippen LogP contribution >= 0.6 is 0 Å². The SMILES string of the molecule is CCC(C)(CC)NC(=O)NCC1(C(=O)O)CCCCC1. The minimum atomic E-state index is -0.786. The van der Waals surface area contributed by atoms with E-state index in [0.717, 1.165) is 32.1 Å². The van der Waals surface area contributed by atoms with E-state index >= 15 is 0 Å². The lowest BCUT2D eigenvalue weighted by Crippen LogP contribution is -2.53. The number of carboxylic acid groups (broad SMARTS) is 1. The van der Waals surface area contributed by atoms with E-state index in [0.29, 0.717) is 12.8 Å². The number of carbonyl (C=O) groups is 2. The summed E-state index contributed by atoms with van der Waals surface area (Å²) in [6, 6.07) is -0.262. The molecule has 116 valence electrons. The third-order valence-corrected chi connectivity index (χ3v) is 4.83. The van der Waals surface area contributed by atoms with Gasteiger partial charge < -0.3 is 15.7 Å². The fourth-order valence-corrected chi connectivity index (χ4v) is 2.69. The van der Waals surface area contributed by atoms with E-state index < -0.39 is 11.4 Å². The Hall–Kier alpha value is -1.26. The highest BCUT2D eigenvalue weighted by molar-refractivity contribution is 5.78. The van der Waals surface area contributed by atoms with E-state index in [9.17, 15) is 14.7 Å². The van der Waals surface area contributed by atoms with Gasteiger partial charge in [-0.25, -0.2) is 4.79 Å². The van der Waals surface area contributed by atoms with Crippen LogP contribution in [0.1, 0.15) is 65.7 Å². The molecule has 0 unspecified atom stereocenters. The summed E-state index contributed by atoms with van der Waals surface area (Å²) in [4.78, 5) is 23.5. The van der Waals surface area contributed by atoms with E-state index in [1.54, 1.807) is 0 Å². The average Bonchev–Trinajstić information content (AvgIpc) is 2.46. The van der Waals surface area contributed by atoms with Crippen molar-refractivity contribution in [3.05, 3.63) is 0 Å². The second-order valence-electron chi connectivity index (χ2n) is 6.22. The van der Waals surface area contributed by atoms with Crippen molar-refractivity contribution in [2.24, 2.45) is 5.41 Å². The first kappa shape index (κ1) is 16.8. The van der Waals surface area contributed by atoms with Crippen LogP contribution in [-0.2, 0) is 4.79 Å². The third-order valence-electron chi connectivity index (χ3n) is 4.83. The Balaban J connectivity index is 2.55. The number of nitrogens with one attached hydrogen (secondary N) is 2. The molecule has 1 fully saturated rings. The van der Waals surface area contributed by atoms with Crippen LogP contribution in [0, 0.1) is 5.41 Å². The third kappa shape index (κ3) is 4.12. The van der Waals surface area contributed by atoms with Gasteiger partial charge in [0.2, 0.25) is 0 Å². The van der Waals surface area contributed by atoms with Crippen molar-refractivity contribution in [2.75, 3.05) is 6.54 Å². The molecule has 2 amide bonds. The van der Waals surface area contributed by atoms with Gasteiger partial charge in [-0.1, -0.05) is 33.1 Å². The van der Waals surface area contributed by atoms with E-state index in [4.69, 9.17) is 0 Å². The van der Waals surface area contributed by atoms with Gasteiger partial charge in [0.05, 0.1) is 5.41 Å². The van der Waals surface area contributed by atoms with E-state index in [2.05, 4.69) is 10.6 Å². The number of carbonyl (C=O) groups excluding carboxylic acids is 1. The average molecular weight is 284 g/mol. The first-order valence-electron chi connectivity index (χ1n) is 7.67. The van der Waals surface area contributed by atoms with Gasteiger partial charge in [-0.05, 0) is 32.6 Å². The molecule has 0 aromatic rings. The Kier molecular flexibility index (Phi) is 5.84. The number of aliphatic carboxylic acids is 1. The summed E-state index contributed by atoms with van der Waals surface area (Å²) >= 11 is 0. The van der Waals surface area contributed by atoms with Crippen LogP contribution < -0.4 is 10.6 Å². The van der Waals surface area contributed by atoms with Crippen LogP contribution in [0.15, 0.2) is 0 Å². The summed E-state index contributed by atoms with van der Waals surface area (Å²) < 4.78 is 0. The molecule has 0 heterocycles. The molecule has 0 aromatic carbocycles. The molecule has 0 bridgehead atoms. The fourth-order valence-electron chi connectivity index (χ4n) is 2.69. The van der Waals surface area contributed by atoms with Crippen molar-refractivity contribution in [1.29, 1.82) is 0 Å². The molecule has 0 atom stereocenters. The van der Waals surface area contributed by atoms with Gasteiger partial charge in [0.1, 0.15) is 0 Å². The second-order valence-corrected chi connectivity index (χ2v) is 6.22. The van der Waals surface area contributed by atoms with Crippen molar-refractivity contribution in [3.8, 4) is 0 Å². The van der Waals surface area contributed by atoms with E-state index in [-0.39, 0.29) is 18.1 Å². The Morgan fingerprint density at radius 3 is 2.15 bits per heavy atom. The van der Waals surface area contributed by atoms with Crippen LogP contribution in [0.3, 0.4) is 0 Å². The minimum Gasteiger partial charge on any atom is -0.481 e. The maximum absolute atomic E-state index is 12.0. The molecule has 1 aliphatic carbocycles. The predicted molar refractivity (Wildman–Crippen MR) is 78.7 cm³/mol. The van der Waals surface area contributed by atoms with Crippen LogP contribution in [0.4, 0.5) is 4.79 Å².